The number of pyridine rings is 1. The van der Waals surface area contributed by atoms with Gasteiger partial charge in [0.25, 0.3) is 5.56 Å². The summed E-state index contributed by atoms with van der Waals surface area (Å²) in [7, 11) is -3.09. The molecule has 0 aliphatic carbocycles. The first-order valence-electron chi connectivity index (χ1n) is 7.85. The van der Waals surface area contributed by atoms with Crippen molar-refractivity contribution in [3.8, 4) is 5.75 Å². The number of sulfonamides is 1. The number of ether oxygens (including phenoxy) is 1. The maximum absolute atomic E-state index is 11.8. The normalized spacial score (nSPS) is 17.2. The predicted molar refractivity (Wildman–Crippen MR) is 92.9 cm³/mol. The van der Waals surface area contributed by atoms with Crippen LogP contribution in [0.5, 0.6) is 5.75 Å². The Kier molecular flexibility index (Phi) is 4.88. The number of rotatable bonds is 5. The van der Waals surface area contributed by atoms with E-state index in [0.29, 0.717) is 43.9 Å². The molecule has 1 N–H and O–H groups in total. The fourth-order valence-electron chi connectivity index (χ4n) is 2.83. The molecule has 8 heteroatoms. The van der Waals surface area contributed by atoms with Crippen LogP contribution in [-0.4, -0.2) is 68.2 Å². The van der Waals surface area contributed by atoms with Gasteiger partial charge in [0.2, 0.25) is 10.0 Å². The fourth-order valence-corrected chi connectivity index (χ4v) is 3.66. The standard InChI is InChI=1S/C16H21N3O4S/c1-24(21,22)19-8-6-18(7-9-19)10-11-23-14-3-2-13-4-5-17-16(20)15(13)12-14/h2-5,12H,6-11H2,1H3,(H,17,20). The summed E-state index contributed by atoms with van der Waals surface area (Å²) in [5.74, 6) is 0.661. The summed E-state index contributed by atoms with van der Waals surface area (Å²) in [5.41, 5.74) is -0.130. The molecule has 7 nitrogen and oxygen atoms in total. The van der Waals surface area contributed by atoms with E-state index in [1.165, 1.54) is 10.6 Å². The molecule has 0 radical (unpaired) electrons. The van der Waals surface area contributed by atoms with Crippen molar-refractivity contribution in [1.82, 2.24) is 14.2 Å². The van der Waals surface area contributed by atoms with Crippen molar-refractivity contribution in [3.63, 3.8) is 0 Å². The third-order valence-electron chi connectivity index (χ3n) is 4.22. The molecule has 1 aliphatic rings. The lowest BCUT2D eigenvalue weighted by molar-refractivity contribution is 0.159. The molecule has 1 fully saturated rings. The molecular formula is C16H21N3O4S. The summed E-state index contributed by atoms with van der Waals surface area (Å²) in [5, 5.41) is 1.49. The van der Waals surface area contributed by atoms with Crippen LogP contribution in [0.25, 0.3) is 10.8 Å². The third kappa shape index (κ3) is 3.95. The van der Waals surface area contributed by atoms with Crippen molar-refractivity contribution in [2.45, 2.75) is 0 Å². The van der Waals surface area contributed by atoms with Crippen molar-refractivity contribution in [1.29, 1.82) is 0 Å². The highest BCUT2D eigenvalue weighted by molar-refractivity contribution is 7.88. The molecule has 0 amide bonds. The first-order chi connectivity index (χ1) is 11.4. The van der Waals surface area contributed by atoms with Gasteiger partial charge in [-0.3, -0.25) is 9.69 Å². The zero-order chi connectivity index (χ0) is 17.2. The fraction of sp³-hybridized carbons (Fsp3) is 0.438. The van der Waals surface area contributed by atoms with Gasteiger partial charge in [-0.25, -0.2) is 8.42 Å². The lowest BCUT2D eigenvalue weighted by atomic mass is 10.2. The number of piperazine rings is 1. The number of nitrogens with one attached hydrogen (secondary N) is 1. The van der Waals surface area contributed by atoms with Gasteiger partial charge >= 0.3 is 0 Å². The monoisotopic (exact) mass is 351 g/mol. The van der Waals surface area contributed by atoms with E-state index in [9.17, 15) is 13.2 Å². The molecule has 2 aromatic rings. The molecule has 1 aromatic carbocycles. The topological polar surface area (TPSA) is 82.7 Å². The van der Waals surface area contributed by atoms with Crippen LogP contribution in [-0.2, 0) is 10.0 Å². The Morgan fingerprint density at radius 3 is 2.62 bits per heavy atom. The minimum atomic E-state index is -3.09. The molecule has 1 aromatic heterocycles. The van der Waals surface area contributed by atoms with Crippen molar-refractivity contribution in [3.05, 3.63) is 40.8 Å². The molecule has 2 heterocycles. The number of hydrogen-bond donors (Lipinski definition) is 1. The molecule has 0 saturated carbocycles. The average molecular weight is 351 g/mol. The highest BCUT2D eigenvalue weighted by atomic mass is 32.2. The van der Waals surface area contributed by atoms with Crippen molar-refractivity contribution in [2.24, 2.45) is 0 Å². The smallest absolute Gasteiger partial charge is 0.255 e. The van der Waals surface area contributed by atoms with Crippen LogP contribution in [0.15, 0.2) is 35.3 Å². The van der Waals surface area contributed by atoms with E-state index in [1.54, 1.807) is 12.3 Å². The average Bonchev–Trinajstić information content (AvgIpc) is 2.55. The second-order valence-corrected chi connectivity index (χ2v) is 7.89. The maximum atomic E-state index is 11.8. The molecule has 0 unspecified atom stereocenters. The molecular weight excluding hydrogens is 330 g/mol. The van der Waals surface area contributed by atoms with Crippen LogP contribution in [0.1, 0.15) is 0 Å². The zero-order valence-corrected chi connectivity index (χ0v) is 14.4. The first kappa shape index (κ1) is 16.9. The van der Waals surface area contributed by atoms with Crippen LogP contribution < -0.4 is 10.3 Å². The SMILES string of the molecule is CS(=O)(=O)N1CCN(CCOc2ccc3cc[nH]c(=O)c3c2)CC1. The number of aromatic amines is 1. The summed E-state index contributed by atoms with van der Waals surface area (Å²) in [6, 6.07) is 7.31. The third-order valence-corrected chi connectivity index (χ3v) is 5.53. The van der Waals surface area contributed by atoms with E-state index in [0.717, 1.165) is 11.9 Å². The van der Waals surface area contributed by atoms with Crippen LogP contribution in [0, 0.1) is 0 Å². The summed E-state index contributed by atoms with van der Waals surface area (Å²) in [4.78, 5) is 16.6. The van der Waals surface area contributed by atoms with Gasteiger partial charge in [0.1, 0.15) is 12.4 Å². The molecule has 0 bridgehead atoms. The van der Waals surface area contributed by atoms with E-state index in [2.05, 4.69) is 9.88 Å². The van der Waals surface area contributed by atoms with Gasteiger partial charge in [0, 0.05) is 38.9 Å². The Hall–Kier alpha value is -1.90. The Labute approximate surface area is 140 Å². The first-order valence-corrected chi connectivity index (χ1v) is 9.70. The molecule has 3 rings (SSSR count). The van der Waals surface area contributed by atoms with Gasteiger partial charge in [-0.2, -0.15) is 4.31 Å². The number of H-pyrrole nitrogens is 1. The van der Waals surface area contributed by atoms with E-state index in [-0.39, 0.29) is 5.56 Å². The lowest BCUT2D eigenvalue weighted by Gasteiger charge is -2.33. The largest absolute Gasteiger partial charge is 0.492 e. The van der Waals surface area contributed by atoms with Gasteiger partial charge in [-0.15, -0.1) is 0 Å². The highest BCUT2D eigenvalue weighted by Gasteiger charge is 2.22. The van der Waals surface area contributed by atoms with Gasteiger partial charge in [-0.05, 0) is 23.6 Å². The summed E-state index contributed by atoms with van der Waals surface area (Å²) >= 11 is 0. The van der Waals surface area contributed by atoms with Crippen molar-refractivity contribution < 1.29 is 13.2 Å². The van der Waals surface area contributed by atoms with Gasteiger partial charge in [-0.1, -0.05) is 6.07 Å². The Balaban J connectivity index is 1.52. The molecule has 1 saturated heterocycles. The second-order valence-electron chi connectivity index (χ2n) is 5.91. The van der Waals surface area contributed by atoms with Gasteiger partial charge in [0.15, 0.2) is 0 Å². The molecule has 1 aliphatic heterocycles. The number of hydrogen-bond acceptors (Lipinski definition) is 5. The second kappa shape index (κ2) is 6.92. The van der Waals surface area contributed by atoms with Gasteiger partial charge in [0.05, 0.1) is 11.6 Å². The zero-order valence-electron chi connectivity index (χ0n) is 13.6. The minimum Gasteiger partial charge on any atom is -0.492 e. The quantitative estimate of drug-likeness (QED) is 0.847. The Morgan fingerprint density at radius 2 is 1.92 bits per heavy atom. The van der Waals surface area contributed by atoms with Gasteiger partial charge < -0.3 is 9.72 Å². The van der Waals surface area contributed by atoms with E-state index in [4.69, 9.17) is 4.74 Å². The molecule has 130 valence electrons. The molecule has 24 heavy (non-hydrogen) atoms. The molecule has 0 atom stereocenters. The van der Waals surface area contributed by atoms with Crippen LogP contribution in [0.3, 0.4) is 0 Å². The highest BCUT2D eigenvalue weighted by Crippen LogP contribution is 2.17. The lowest BCUT2D eigenvalue weighted by Crippen LogP contribution is -2.49. The number of nitrogens with zero attached hydrogens (tertiary/aromatic N) is 2. The van der Waals surface area contributed by atoms with Crippen molar-refractivity contribution >= 4 is 20.8 Å². The summed E-state index contributed by atoms with van der Waals surface area (Å²) < 4.78 is 30.2. The van der Waals surface area contributed by atoms with E-state index < -0.39 is 10.0 Å². The van der Waals surface area contributed by atoms with Crippen LogP contribution in [0.4, 0.5) is 0 Å². The maximum Gasteiger partial charge on any atom is 0.255 e. The number of aromatic nitrogens is 1. The summed E-state index contributed by atoms with van der Waals surface area (Å²) in [6.07, 6.45) is 2.87. The Morgan fingerprint density at radius 1 is 1.17 bits per heavy atom. The minimum absolute atomic E-state index is 0.130. The molecule has 0 spiro atoms. The number of benzene rings is 1. The summed E-state index contributed by atoms with van der Waals surface area (Å²) in [6.45, 7) is 3.66. The van der Waals surface area contributed by atoms with E-state index >= 15 is 0 Å². The van der Waals surface area contributed by atoms with Crippen LogP contribution in [0.2, 0.25) is 0 Å². The predicted octanol–water partition coefficient (Wildman–Crippen LogP) is 0.484. The van der Waals surface area contributed by atoms with E-state index in [1.807, 2.05) is 18.2 Å². The number of fused-ring (bicyclic) bond motifs is 1. The van der Waals surface area contributed by atoms with Crippen molar-refractivity contribution in [2.75, 3.05) is 45.6 Å². The van der Waals surface area contributed by atoms with Crippen LogP contribution >= 0.6 is 0 Å². The Bertz CT molecular complexity index is 870.